The molecule has 0 aliphatic heterocycles. The van der Waals surface area contributed by atoms with E-state index in [4.69, 9.17) is 10.2 Å². The second kappa shape index (κ2) is 6.05. The summed E-state index contributed by atoms with van der Waals surface area (Å²) in [4.78, 5) is 33.0. The van der Waals surface area contributed by atoms with Crippen molar-refractivity contribution >= 4 is 17.7 Å². The Kier molecular flexibility index (Phi) is 5.42. The molecule has 0 unspecified atom stereocenters. The van der Waals surface area contributed by atoms with Crippen molar-refractivity contribution < 1.29 is 24.6 Å². The van der Waals surface area contributed by atoms with Gasteiger partial charge in [-0.25, -0.2) is 0 Å². The monoisotopic (exact) mass is 228 g/mol. The van der Waals surface area contributed by atoms with E-state index in [-0.39, 0.29) is 11.5 Å². The Bertz CT molecular complexity index is 313. The van der Waals surface area contributed by atoms with E-state index in [1.165, 1.54) is 0 Å². The molecule has 0 spiro atoms. The average molecular weight is 228 g/mol. The third kappa shape index (κ3) is 3.84. The fraction of sp³-hybridized carbons (Fsp3) is 0.545. The number of allylic oxidation sites excluding steroid dienone is 2. The van der Waals surface area contributed by atoms with Crippen LogP contribution in [0, 0.1) is 11.8 Å². The molecular formula is C11H16O5. The molecule has 0 aromatic heterocycles. The molecule has 0 radical (unpaired) electrons. The van der Waals surface area contributed by atoms with Crippen LogP contribution in [0.2, 0.25) is 0 Å². The fourth-order valence-electron chi connectivity index (χ4n) is 1.29. The van der Waals surface area contributed by atoms with Crippen LogP contribution < -0.4 is 0 Å². The molecule has 0 aliphatic rings. The van der Waals surface area contributed by atoms with Crippen molar-refractivity contribution in [1.82, 2.24) is 0 Å². The smallest absolute Gasteiger partial charge is 0.325 e. The molecule has 0 saturated heterocycles. The summed E-state index contributed by atoms with van der Waals surface area (Å²) < 4.78 is 0. The van der Waals surface area contributed by atoms with Crippen LogP contribution in [0.15, 0.2) is 11.6 Å². The van der Waals surface area contributed by atoms with Gasteiger partial charge < -0.3 is 10.2 Å². The van der Waals surface area contributed by atoms with Gasteiger partial charge in [0.05, 0.1) is 0 Å². The van der Waals surface area contributed by atoms with Crippen molar-refractivity contribution in [2.24, 2.45) is 11.8 Å². The summed E-state index contributed by atoms with van der Waals surface area (Å²) in [5, 5.41) is 17.3. The Morgan fingerprint density at radius 2 is 1.56 bits per heavy atom. The first-order valence-corrected chi connectivity index (χ1v) is 5.01. The summed E-state index contributed by atoms with van der Waals surface area (Å²) in [6.45, 7) is 5.35. The van der Waals surface area contributed by atoms with Gasteiger partial charge in [-0.3, -0.25) is 14.4 Å². The largest absolute Gasteiger partial charge is 0.480 e. The summed E-state index contributed by atoms with van der Waals surface area (Å²) in [6.07, 6.45) is 1.93. The first-order chi connectivity index (χ1) is 7.31. The van der Waals surface area contributed by atoms with Crippen LogP contribution in [-0.2, 0) is 14.4 Å². The lowest BCUT2D eigenvalue weighted by molar-refractivity contribution is -0.156. The van der Waals surface area contributed by atoms with Crippen LogP contribution in [0.1, 0.15) is 27.2 Å². The zero-order valence-corrected chi connectivity index (χ0v) is 9.56. The number of carbonyl (C=O) groups is 3. The highest BCUT2D eigenvalue weighted by atomic mass is 16.4. The Hall–Kier alpha value is -1.65. The lowest BCUT2D eigenvalue weighted by Gasteiger charge is -2.09. The minimum atomic E-state index is -2.00. The van der Waals surface area contributed by atoms with Crippen LogP contribution in [0.25, 0.3) is 0 Å². The van der Waals surface area contributed by atoms with Crippen molar-refractivity contribution in [3.05, 3.63) is 11.6 Å². The van der Waals surface area contributed by atoms with Gasteiger partial charge in [-0.1, -0.05) is 26.8 Å². The minimum Gasteiger partial charge on any atom is -0.480 e. The van der Waals surface area contributed by atoms with Crippen LogP contribution in [0.5, 0.6) is 0 Å². The van der Waals surface area contributed by atoms with Crippen LogP contribution in [0.4, 0.5) is 0 Å². The third-order valence-corrected chi connectivity index (χ3v) is 1.99. The summed E-state index contributed by atoms with van der Waals surface area (Å²) in [7, 11) is 0. The predicted octanol–water partition coefficient (Wildman–Crippen LogP) is 1.33. The molecule has 0 heterocycles. The molecule has 2 N–H and O–H groups in total. The van der Waals surface area contributed by atoms with E-state index < -0.39 is 23.6 Å². The standard InChI is InChI=1S/C11H16O5/c1-4-7(5-6(2)3)9(12)8(10(13)14)11(15)16/h5-6,8H,4H2,1-3H3,(H,13,14)(H,15,16). The van der Waals surface area contributed by atoms with Gasteiger partial charge in [0, 0.05) is 0 Å². The second-order valence-corrected chi connectivity index (χ2v) is 3.76. The van der Waals surface area contributed by atoms with Gasteiger partial charge in [0.15, 0.2) is 5.78 Å². The zero-order valence-electron chi connectivity index (χ0n) is 9.56. The van der Waals surface area contributed by atoms with E-state index >= 15 is 0 Å². The van der Waals surface area contributed by atoms with E-state index in [1.807, 2.05) is 13.8 Å². The number of Topliss-reactive ketones (excluding diaryl/α,β-unsaturated/α-hetero) is 1. The van der Waals surface area contributed by atoms with Crippen molar-refractivity contribution in [2.45, 2.75) is 27.2 Å². The highest BCUT2D eigenvalue weighted by molar-refractivity contribution is 6.19. The Morgan fingerprint density at radius 1 is 1.12 bits per heavy atom. The lowest BCUT2D eigenvalue weighted by Crippen LogP contribution is -2.32. The molecule has 0 rings (SSSR count). The number of hydrogen-bond donors (Lipinski definition) is 2. The van der Waals surface area contributed by atoms with Gasteiger partial charge in [0.25, 0.3) is 0 Å². The SMILES string of the molecule is CCC(=CC(C)C)C(=O)C(C(=O)O)C(=O)O. The van der Waals surface area contributed by atoms with E-state index in [0.717, 1.165) is 0 Å². The third-order valence-electron chi connectivity index (χ3n) is 1.99. The number of hydrogen-bond acceptors (Lipinski definition) is 3. The molecule has 0 aromatic rings. The molecular weight excluding hydrogens is 212 g/mol. The summed E-state index contributed by atoms with van der Waals surface area (Å²) in [6, 6.07) is 0. The van der Waals surface area contributed by atoms with Gasteiger partial charge in [-0.2, -0.15) is 0 Å². The molecule has 0 bridgehead atoms. The molecule has 16 heavy (non-hydrogen) atoms. The highest BCUT2D eigenvalue weighted by Gasteiger charge is 2.35. The van der Waals surface area contributed by atoms with E-state index in [2.05, 4.69) is 0 Å². The van der Waals surface area contributed by atoms with Crippen LogP contribution >= 0.6 is 0 Å². The van der Waals surface area contributed by atoms with Crippen molar-refractivity contribution in [3.63, 3.8) is 0 Å². The predicted molar refractivity (Wildman–Crippen MR) is 57.0 cm³/mol. The summed E-state index contributed by atoms with van der Waals surface area (Å²) in [5.74, 6) is -6.01. The van der Waals surface area contributed by atoms with Crippen molar-refractivity contribution in [2.75, 3.05) is 0 Å². The maximum absolute atomic E-state index is 11.7. The maximum atomic E-state index is 11.7. The number of carboxylic acids is 2. The molecule has 0 amide bonds. The molecule has 5 heteroatoms. The minimum absolute atomic E-state index is 0.0714. The van der Waals surface area contributed by atoms with E-state index in [0.29, 0.717) is 6.42 Å². The molecule has 5 nitrogen and oxygen atoms in total. The Labute approximate surface area is 93.8 Å². The molecule has 0 fully saturated rings. The first kappa shape index (κ1) is 14.3. The molecule has 0 atom stereocenters. The zero-order chi connectivity index (χ0) is 12.9. The van der Waals surface area contributed by atoms with E-state index in [1.54, 1.807) is 13.0 Å². The van der Waals surface area contributed by atoms with Crippen LogP contribution in [0.3, 0.4) is 0 Å². The number of ketones is 1. The Morgan fingerprint density at radius 3 is 1.81 bits per heavy atom. The fourth-order valence-corrected chi connectivity index (χ4v) is 1.29. The van der Waals surface area contributed by atoms with Crippen LogP contribution in [-0.4, -0.2) is 27.9 Å². The van der Waals surface area contributed by atoms with Gasteiger partial charge in [-0.05, 0) is 17.9 Å². The van der Waals surface area contributed by atoms with Gasteiger partial charge in [0.1, 0.15) is 0 Å². The highest BCUT2D eigenvalue weighted by Crippen LogP contribution is 2.14. The quantitative estimate of drug-likeness (QED) is 0.528. The summed E-state index contributed by atoms with van der Waals surface area (Å²) in [5.41, 5.74) is 0.254. The van der Waals surface area contributed by atoms with Gasteiger partial charge in [-0.15, -0.1) is 0 Å². The summed E-state index contributed by atoms with van der Waals surface area (Å²) >= 11 is 0. The number of carbonyl (C=O) groups excluding carboxylic acids is 1. The number of rotatable bonds is 6. The van der Waals surface area contributed by atoms with Gasteiger partial charge >= 0.3 is 11.9 Å². The average Bonchev–Trinajstić information content (AvgIpc) is 2.12. The first-order valence-electron chi connectivity index (χ1n) is 5.01. The maximum Gasteiger partial charge on any atom is 0.325 e. The topological polar surface area (TPSA) is 91.7 Å². The van der Waals surface area contributed by atoms with E-state index in [9.17, 15) is 14.4 Å². The van der Waals surface area contributed by atoms with Gasteiger partial charge in [0.2, 0.25) is 5.92 Å². The molecule has 0 aliphatic carbocycles. The second-order valence-electron chi connectivity index (χ2n) is 3.76. The number of carboxylic acid groups (broad SMARTS) is 2. The normalized spacial score (nSPS) is 11.9. The van der Waals surface area contributed by atoms with Crippen molar-refractivity contribution in [3.8, 4) is 0 Å². The molecule has 0 aromatic carbocycles. The number of aliphatic carboxylic acids is 2. The lowest BCUT2D eigenvalue weighted by atomic mass is 9.94. The van der Waals surface area contributed by atoms with Crippen molar-refractivity contribution in [1.29, 1.82) is 0 Å². The molecule has 90 valence electrons. The molecule has 0 saturated carbocycles. The Balaban J connectivity index is 5.13.